The first kappa shape index (κ1) is 14.2. The van der Waals surface area contributed by atoms with Gasteiger partial charge in [-0.05, 0) is 18.2 Å². The third-order valence-electron chi connectivity index (χ3n) is 2.71. The molecule has 0 spiro atoms. The molecule has 1 heterocycles. The lowest BCUT2D eigenvalue weighted by atomic mass is 10.2. The summed E-state index contributed by atoms with van der Waals surface area (Å²) in [6.45, 7) is 0.266. The summed E-state index contributed by atoms with van der Waals surface area (Å²) in [6, 6.07) is 5.96. The lowest BCUT2D eigenvalue weighted by Crippen LogP contribution is -2.26. The number of nitrogens with zero attached hydrogens (tertiary/aromatic N) is 3. The van der Waals surface area contributed by atoms with Gasteiger partial charge in [-0.3, -0.25) is 9.89 Å². The minimum atomic E-state index is -3.33. The van der Waals surface area contributed by atoms with Crippen LogP contribution in [0.3, 0.4) is 0 Å². The topological polar surface area (TPSA) is 96.0 Å². The Morgan fingerprint density at radius 2 is 2.15 bits per heavy atom. The van der Waals surface area contributed by atoms with Crippen LogP contribution in [-0.2, 0) is 16.4 Å². The normalized spacial score (nSPS) is 11.3. The Balaban J connectivity index is 2.21. The van der Waals surface area contributed by atoms with Crippen LogP contribution in [0.5, 0.6) is 0 Å². The van der Waals surface area contributed by atoms with Crippen molar-refractivity contribution in [3.05, 3.63) is 42.0 Å². The van der Waals surface area contributed by atoms with Crippen molar-refractivity contribution in [2.45, 2.75) is 11.4 Å². The number of carbonyl (C=O) groups is 1. The van der Waals surface area contributed by atoms with Gasteiger partial charge in [0.15, 0.2) is 9.84 Å². The van der Waals surface area contributed by atoms with Crippen LogP contribution in [0, 0.1) is 0 Å². The van der Waals surface area contributed by atoms with Crippen LogP contribution >= 0.6 is 0 Å². The van der Waals surface area contributed by atoms with Crippen molar-refractivity contribution in [1.29, 1.82) is 0 Å². The van der Waals surface area contributed by atoms with E-state index in [0.29, 0.717) is 11.4 Å². The molecule has 8 heteroatoms. The number of amides is 1. The third-order valence-corrected chi connectivity index (χ3v) is 3.82. The molecule has 106 valence electrons. The van der Waals surface area contributed by atoms with Crippen LogP contribution in [0.4, 0.5) is 0 Å². The largest absolute Gasteiger partial charge is 0.334 e. The summed E-state index contributed by atoms with van der Waals surface area (Å²) in [5.41, 5.74) is 0.315. The molecule has 7 nitrogen and oxygen atoms in total. The van der Waals surface area contributed by atoms with E-state index < -0.39 is 9.84 Å². The molecule has 0 atom stereocenters. The smallest absolute Gasteiger partial charge is 0.254 e. The van der Waals surface area contributed by atoms with Gasteiger partial charge in [-0.1, -0.05) is 6.07 Å². The minimum absolute atomic E-state index is 0.122. The summed E-state index contributed by atoms with van der Waals surface area (Å²) in [6.07, 6.45) is 2.47. The van der Waals surface area contributed by atoms with Crippen LogP contribution in [0.2, 0.25) is 0 Å². The second-order valence-electron chi connectivity index (χ2n) is 4.39. The zero-order valence-corrected chi connectivity index (χ0v) is 11.9. The van der Waals surface area contributed by atoms with Crippen LogP contribution in [0.1, 0.15) is 16.2 Å². The predicted molar refractivity (Wildman–Crippen MR) is 71.7 cm³/mol. The standard InChI is InChI=1S/C12H14N4O3S/c1-16(7-11-13-8-14-15-11)12(17)9-4-3-5-10(6-9)20(2,18)19/h3-6,8H,7H2,1-2H3,(H,13,14,15). The molecule has 0 aliphatic heterocycles. The number of H-pyrrole nitrogens is 1. The van der Waals surface area contributed by atoms with E-state index in [0.717, 1.165) is 6.26 Å². The first-order valence-corrected chi connectivity index (χ1v) is 7.67. The van der Waals surface area contributed by atoms with E-state index in [2.05, 4.69) is 15.2 Å². The number of carbonyl (C=O) groups excluding carboxylic acids is 1. The van der Waals surface area contributed by atoms with E-state index in [-0.39, 0.29) is 17.3 Å². The zero-order valence-electron chi connectivity index (χ0n) is 11.1. The molecule has 2 aromatic rings. The van der Waals surface area contributed by atoms with Crippen molar-refractivity contribution < 1.29 is 13.2 Å². The second-order valence-corrected chi connectivity index (χ2v) is 6.41. The van der Waals surface area contributed by atoms with Gasteiger partial charge in [0.2, 0.25) is 0 Å². The summed E-state index contributed by atoms with van der Waals surface area (Å²) >= 11 is 0. The fourth-order valence-electron chi connectivity index (χ4n) is 1.68. The number of sulfone groups is 1. The molecule has 20 heavy (non-hydrogen) atoms. The Hall–Kier alpha value is -2.22. The van der Waals surface area contributed by atoms with Crippen molar-refractivity contribution in [3.8, 4) is 0 Å². The minimum Gasteiger partial charge on any atom is -0.334 e. The van der Waals surface area contributed by atoms with Gasteiger partial charge in [-0.25, -0.2) is 13.4 Å². The molecule has 1 aromatic heterocycles. The molecule has 0 unspecified atom stereocenters. The van der Waals surface area contributed by atoms with E-state index in [1.54, 1.807) is 19.2 Å². The Labute approximate surface area is 116 Å². The molecular formula is C12H14N4O3S. The van der Waals surface area contributed by atoms with Gasteiger partial charge < -0.3 is 4.90 Å². The van der Waals surface area contributed by atoms with Crippen LogP contribution in [0.15, 0.2) is 35.5 Å². The highest BCUT2D eigenvalue weighted by Gasteiger charge is 2.15. The third kappa shape index (κ3) is 3.21. The average Bonchev–Trinajstić information content (AvgIpc) is 2.90. The molecule has 1 N–H and O–H groups in total. The van der Waals surface area contributed by atoms with Gasteiger partial charge in [0.05, 0.1) is 11.4 Å². The molecule has 2 rings (SSSR count). The van der Waals surface area contributed by atoms with Gasteiger partial charge in [0.25, 0.3) is 5.91 Å². The van der Waals surface area contributed by atoms with E-state index in [4.69, 9.17) is 0 Å². The fourth-order valence-corrected chi connectivity index (χ4v) is 2.35. The van der Waals surface area contributed by atoms with Gasteiger partial charge in [-0.2, -0.15) is 5.10 Å². The second kappa shape index (κ2) is 5.41. The fraction of sp³-hybridized carbons (Fsp3) is 0.250. The molecule has 1 aromatic carbocycles. The van der Waals surface area contributed by atoms with Crippen molar-refractivity contribution in [1.82, 2.24) is 20.1 Å². The number of aromatic nitrogens is 3. The van der Waals surface area contributed by atoms with Crippen molar-refractivity contribution >= 4 is 15.7 Å². The molecule has 0 bridgehead atoms. The zero-order chi connectivity index (χ0) is 14.8. The molecule has 0 aliphatic carbocycles. The van der Waals surface area contributed by atoms with E-state index >= 15 is 0 Å². The van der Waals surface area contributed by atoms with Crippen molar-refractivity contribution in [3.63, 3.8) is 0 Å². The molecule has 0 aliphatic rings. The summed E-state index contributed by atoms with van der Waals surface area (Å²) in [5, 5.41) is 6.36. The SMILES string of the molecule is CN(Cc1ncn[nH]1)C(=O)c1cccc(S(C)(=O)=O)c1. The van der Waals surface area contributed by atoms with E-state index in [1.807, 2.05) is 0 Å². The number of nitrogens with one attached hydrogen (secondary N) is 1. The summed E-state index contributed by atoms with van der Waals surface area (Å²) in [4.78, 5) is 17.7. The molecule has 1 amide bonds. The van der Waals surface area contributed by atoms with Crippen molar-refractivity contribution in [2.24, 2.45) is 0 Å². The Morgan fingerprint density at radius 1 is 1.40 bits per heavy atom. The van der Waals surface area contributed by atoms with Gasteiger partial charge in [0, 0.05) is 18.9 Å². The quantitative estimate of drug-likeness (QED) is 0.884. The Kier molecular flexibility index (Phi) is 3.84. The lowest BCUT2D eigenvalue weighted by Gasteiger charge is -2.15. The molecule has 0 fully saturated rings. The van der Waals surface area contributed by atoms with E-state index in [9.17, 15) is 13.2 Å². The van der Waals surface area contributed by atoms with Crippen LogP contribution in [0.25, 0.3) is 0 Å². The molecule has 0 radical (unpaired) electrons. The maximum absolute atomic E-state index is 12.2. The highest BCUT2D eigenvalue weighted by atomic mass is 32.2. The number of hydrogen-bond donors (Lipinski definition) is 1. The first-order valence-electron chi connectivity index (χ1n) is 5.78. The lowest BCUT2D eigenvalue weighted by molar-refractivity contribution is 0.0781. The number of hydrogen-bond acceptors (Lipinski definition) is 5. The van der Waals surface area contributed by atoms with Gasteiger partial charge in [0.1, 0.15) is 12.2 Å². The Morgan fingerprint density at radius 3 is 2.75 bits per heavy atom. The average molecular weight is 294 g/mol. The summed E-state index contributed by atoms with van der Waals surface area (Å²) in [5.74, 6) is 0.270. The summed E-state index contributed by atoms with van der Waals surface area (Å²) < 4.78 is 23.0. The number of rotatable bonds is 4. The highest BCUT2D eigenvalue weighted by Crippen LogP contribution is 2.13. The number of benzene rings is 1. The first-order chi connectivity index (χ1) is 9.38. The highest BCUT2D eigenvalue weighted by molar-refractivity contribution is 7.90. The van der Waals surface area contributed by atoms with Crippen LogP contribution in [-0.4, -0.2) is 47.7 Å². The monoisotopic (exact) mass is 294 g/mol. The van der Waals surface area contributed by atoms with Crippen molar-refractivity contribution in [2.75, 3.05) is 13.3 Å². The van der Waals surface area contributed by atoms with Gasteiger partial charge >= 0.3 is 0 Å². The maximum atomic E-state index is 12.2. The molecule has 0 saturated carbocycles. The Bertz CT molecular complexity index is 710. The molecule has 0 saturated heterocycles. The van der Waals surface area contributed by atoms with E-state index in [1.165, 1.54) is 23.4 Å². The predicted octanol–water partition coefficient (Wildman–Crippen LogP) is 0.480. The molecular weight excluding hydrogens is 280 g/mol. The van der Waals surface area contributed by atoms with Gasteiger partial charge in [-0.15, -0.1) is 0 Å². The number of aromatic amines is 1. The maximum Gasteiger partial charge on any atom is 0.254 e. The summed E-state index contributed by atoms with van der Waals surface area (Å²) in [7, 11) is -1.72. The van der Waals surface area contributed by atoms with Crippen LogP contribution < -0.4 is 0 Å².